The van der Waals surface area contributed by atoms with Crippen LogP contribution in [-0.2, 0) is 0 Å². The van der Waals surface area contributed by atoms with Crippen LogP contribution in [0.3, 0.4) is 0 Å². The van der Waals surface area contributed by atoms with Crippen LogP contribution in [0.1, 0.15) is 24.5 Å². The van der Waals surface area contributed by atoms with Gasteiger partial charge in [-0.05, 0) is 35.2 Å². The van der Waals surface area contributed by atoms with Crippen molar-refractivity contribution < 1.29 is 5.11 Å². The van der Waals surface area contributed by atoms with Crippen LogP contribution in [0.25, 0.3) is 10.8 Å². The standard InChI is InChI=1S/C14H15NO/c15-14(7-8-14)13(16)12-6-5-10-3-1-2-4-11(10)9-12/h1-6,9,13,16H,7-8,15H2. The quantitative estimate of drug-likeness (QED) is 0.804. The second-order valence-electron chi connectivity index (χ2n) is 4.74. The van der Waals surface area contributed by atoms with E-state index < -0.39 is 6.10 Å². The summed E-state index contributed by atoms with van der Waals surface area (Å²) in [6.07, 6.45) is 1.30. The Hall–Kier alpha value is -1.38. The Bertz CT molecular complexity index is 531. The molecule has 0 amide bonds. The first-order chi connectivity index (χ1) is 7.69. The number of aliphatic hydroxyl groups is 1. The molecule has 2 aromatic rings. The Morgan fingerprint density at radius 2 is 1.75 bits per heavy atom. The Kier molecular flexibility index (Phi) is 2.03. The van der Waals surface area contributed by atoms with Gasteiger partial charge in [-0.1, -0.05) is 36.4 Å². The third-order valence-corrected chi connectivity index (χ3v) is 3.46. The third-order valence-electron chi connectivity index (χ3n) is 3.46. The summed E-state index contributed by atoms with van der Waals surface area (Å²) in [7, 11) is 0. The second-order valence-corrected chi connectivity index (χ2v) is 4.74. The van der Waals surface area contributed by atoms with Gasteiger partial charge in [0.05, 0.1) is 6.10 Å². The van der Waals surface area contributed by atoms with Gasteiger partial charge in [-0.15, -0.1) is 0 Å². The summed E-state index contributed by atoms with van der Waals surface area (Å²) < 4.78 is 0. The van der Waals surface area contributed by atoms with Crippen molar-refractivity contribution in [3.8, 4) is 0 Å². The normalized spacial score (nSPS) is 19.6. The van der Waals surface area contributed by atoms with E-state index in [2.05, 4.69) is 12.1 Å². The third kappa shape index (κ3) is 1.51. The summed E-state index contributed by atoms with van der Waals surface area (Å²) in [5, 5.41) is 12.5. The van der Waals surface area contributed by atoms with Crippen molar-refractivity contribution in [1.29, 1.82) is 0 Å². The molecule has 1 saturated carbocycles. The zero-order chi connectivity index (χ0) is 11.2. The average molecular weight is 213 g/mol. The van der Waals surface area contributed by atoms with Gasteiger partial charge < -0.3 is 10.8 Å². The summed E-state index contributed by atoms with van der Waals surface area (Å²) >= 11 is 0. The zero-order valence-corrected chi connectivity index (χ0v) is 9.06. The monoisotopic (exact) mass is 213 g/mol. The molecular formula is C14H15NO. The van der Waals surface area contributed by atoms with Crippen molar-refractivity contribution in [2.45, 2.75) is 24.5 Å². The zero-order valence-electron chi connectivity index (χ0n) is 9.06. The van der Waals surface area contributed by atoms with Gasteiger partial charge in [0.25, 0.3) is 0 Å². The molecule has 1 atom stereocenters. The number of nitrogens with two attached hydrogens (primary N) is 1. The molecule has 1 aliphatic carbocycles. The topological polar surface area (TPSA) is 46.2 Å². The maximum Gasteiger partial charge on any atom is 0.0969 e. The van der Waals surface area contributed by atoms with Crippen LogP contribution < -0.4 is 5.73 Å². The van der Waals surface area contributed by atoms with Crippen molar-refractivity contribution in [2.24, 2.45) is 5.73 Å². The van der Waals surface area contributed by atoms with Crippen molar-refractivity contribution in [3.05, 3.63) is 48.0 Å². The molecule has 3 rings (SSSR count). The predicted molar refractivity (Wildman–Crippen MR) is 65.1 cm³/mol. The molecule has 16 heavy (non-hydrogen) atoms. The molecule has 2 aromatic carbocycles. The molecule has 0 radical (unpaired) electrons. The smallest absolute Gasteiger partial charge is 0.0969 e. The van der Waals surface area contributed by atoms with E-state index in [1.165, 1.54) is 5.39 Å². The van der Waals surface area contributed by atoms with Crippen molar-refractivity contribution >= 4 is 10.8 Å². The molecule has 0 bridgehead atoms. The van der Waals surface area contributed by atoms with Crippen molar-refractivity contribution in [1.82, 2.24) is 0 Å². The minimum atomic E-state index is -0.530. The maximum atomic E-state index is 10.2. The molecule has 1 unspecified atom stereocenters. The highest BCUT2D eigenvalue weighted by atomic mass is 16.3. The van der Waals surface area contributed by atoms with E-state index in [1.807, 2.05) is 30.3 Å². The first-order valence-electron chi connectivity index (χ1n) is 5.65. The van der Waals surface area contributed by atoms with E-state index >= 15 is 0 Å². The minimum absolute atomic E-state index is 0.373. The highest BCUT2D eigenvalue weighted by Crippen LogP contribution is 2.43. The van der Waals surface area contributed by atoms with E-state index in [0.29, 0.717) is 0 Å². The Morgan fingerprint density at radius 3 is 2.44 bits per heavy atom. The number of fused-ring (bicyclic) bond motifs is 1. The summed E-state index contributed by atoms with van der Waals surface area (Å²) in [5.74, 6) is 0. The highest BCUT2D eigenvalue weighted by molar-refractivity contribution is 5.83. The summed E-state index contributed by atoms with van der Waals surface area (Å²) in [5.41, 5.74) is 6.57. The lowest BCUT2D eigenvalue weighted by atomic mass is 9.98. The van der Waals surface area contributed by atoms with Gasteiger partial charge >= 0.3 is 0 Å². The summed E-state index contributed by atoms with van der Waals surface area (Å²) in [6.45, 7) is 0. The number of rotatable bonds is 2. The van der Waals surface area contributed by atoms with Crippen molar-refractivity contribution in [2.75, 3.05) is 0 Å². The van der Waals surface area contributed by atoms with Crippen LogP contribution in [-0.4, -0.2) is 10.6 Å². The first kappa shape index (κ1) is 9.82. The predicted octanol–water partition coefficient (Wildman–Crippen LogP) is 2.36. The number of benzene rings is 2. The van der Waals surface area contributed by atoms with Crippen LogP contribution in [0.2, 0.25) is 0 Å². The fourth-order valence-corrected chi connectivity index (χ4v) is 2.13. The summed E-state index contributed by atoms with van der Waals surface area (Å²) in [6, 6.07) is 14.2. The molecule has 3 N–H and O–H groups in total. The molecular weight excluding hydrogens is 198 g/mol. The first-order valence-corrected chi connectivity index (χ1v) is 5.65. The lowest BCUT2D eigenvalue weighted by Crippen LogP contribution is -2.30. The molecule has 82 valence electrons. The van der Waals surface area contributed by atoms with Crippen LogP contribution in [0.5, 0.6) is 0 Å². The number of aliphatic hydroxyl groups excluding tert-OH is 1. The number of hydrogen-bond donors (Lipinski definition) is 2. The van der Waals surface area contributed by atoms with Gasteiger partial charge in [-0.3, -0.25) is 0 Å². The van der Waals surface area contributed by atoms with Gasteiger partial charge in [0.1, 0.15) is 0 Å². The van der Waals surface area contributed by atoms with E-state index in [0.717, 1.165) is 23.8 Å². The molecule has 0 saturated heterocycles. The molecule has 1 fully saturated rings. The van der Waals surface area contributed by atoms with E-state index in [4.69, 9.17) is 5.73 Å². The van der Waals surface area contributed by atoms with Gasteiger partial charge in [-0.2, -0.15) is 0 Å². The van der Waals surface area contributed by atoms with E-state index in [-0.39, 0.29) is 5.54 Å². The van der Waals surface area contributed by atoms with E-state index in [9.17, 15) is 5.11 Å². The molecule has 2 nitrogen and oxygen atoms in total. The van der Waals surface area contributed by atoms with E-state index in [1.54, 1.807) is 0 Å². The fraction of sp³-hybridized carbons (Fsp3) is 0.286. The second kappa shape index (κ2) is 3.30. The Labute approximate surface area is 94.7 Å². The lowest BCUT2D eigenvalue weighted by Gasteiger charge is -2.18. The Morgan fingerprint density at radius 1 is 1.06 bits per heavy atom. The molecule has 0 aromatic heterocycles. The molecule has 1 aliphatic rings. The lowest BCUT2D eigenvalue weighted by molar-refractivity contribution is 0.136. The largest absolute Gasteiger partial charge is 0.386 e. The molecule has 0 spiro atoms. The van der Waals surface area contributed by atoms with Gasteiger partial charge in [0, 0.05) is 5.54 Å². The van der Waals surface area contributed by atoms with Crippen LogP contribution >= 0.6 is 0 Å². The maximum absolute atomic E-state index is 10.2. The van der Waals surface area contributed by atoms with Gasteiger partial charge in [-0.25, -0.2) is 0 Å². The molecule has 0 heterocycles. The Balaban J connectivity index is 2.05. The average Bonchev–Trinajstić information content (AvgIpc) is 3.07. The van der Waals surface area contributed by atoms with Crippen LogP contribution in [0.4, 0.5) is 0 Å². The molecule has 2 heteroatoms. The van der Waals surface area contributed by atoms with Crippen LogP contribution in [0, 0.1) is 0 Å². The van der Waals surface area contributed by atoms with Crippen LogP contribution in [0.15, 0.2) is 42.5 Å². The SMILES string of the molecule is NC1(C(O)c2ccc3ccccc3c2)CC1. The highest BCUT2D eigenvalue weighted by Gasteiger charge is 2.45. The van der Waals surface area contributed by atoms with Crippen molar-refractivity contribution in [3.63, 3.8) is 0 Å². The summed E-state index contributed by atoms with van der Waals surface area (Å²) in [4.78, 5) is 0. The number of hydrogen-bond acceptors (Lipinski definition) is 2. The minimum Gasteiger partial charge on any atom is -0.386 e. The van der Waals surface area contributed by atoms with Gasteiger partial charge in [0.15, 0.2) is 0 Å². The fourth-order valence-electron chi connectivity index (χ4n) is 2.13. The molecule has 0 aliphatic heterocycles. The van der Waals surface area contributed by atoms with Gasteiger partial charge in [0.2, 0.25) is 0 Å².